The van der Waals surface area contributed by atoms with Crippen LogP contribution in [-0.4, -0.2) is 5.11 Å². The summed E-state index contributed by atoms with van der Waals surface area (Å²) in [5, 5.41) is 8.87. The number of para-hydroxylation sites is 1. The maximum Gasteiger partial charge on any atom is 0.115 e. The highest BCUT2D eigenvalue weighted by molar-refractivity contribution is 5.18. The van der Waals surface area contributed by atoms with Gasteiger partial charge in [-0.3, -0.25) is 0 Å². The van der Waals surface area contributed by atoms with Gasteiger partial charge in [-0.2, -0.15) is 0 Å². The molecule has 0 radical (unpaired) electrons. The van der Waals surface area contributed by atoms with Gasteiger partial charge < -0.3 is 5.11 Å². The van der Waals surface area contributed by atoms with E-state index in [0.717, 1.165) is 0 Å². The topological polar surface area (TPSA) is 20.2 Å². The second-order valence-electron chi connectivity index (χ2n) is 1.09. The zero-order valence-corrected chi connectivity index (χ0v) is 3.60. The first-order chi connectivity index (χ1) is 4.61. The smallest absolute Gasteiger partial charge is 0.115 e. The molecule has 0 saturated carbocycles. The Labute approximate surface area is 46.4 Å². The fraction of sp³-hybridized carbons (Fsp3) is 0. The number of hydrogen-bond acceptors (Lipinski definition) is 1. The number of hydrogen-bond donors (Lipinski definition) is 1. The predicted octanol–water partition coefficient (Wildman–Crippen LogP) is 1.39. The minimum atomic E-state index is -0.365. The van der Waals surface area contributed by atoms with Crippen molar-refractivity contribution < 1.29 is 9.22 Å². The van der Waals surface area contributed by atoms with E-state index in [1.807, 2.05) is 0 Å². The number of rotatable bonds is 0. The third kappa shape index (κ3) is 0.929. The van der Waals surface area contributed by atoms with Gasteiger partial charge in [0.25, 0.3) is 0 Å². The first-order valence-corrected chi connectivity index (χ1v) is 1.88. The molecule has 0 bridgehead atoms. The van der Waals surface area contributed by atoms with E-state index in [1.54, 1.807) is 0 Å². The van der Waals surface area contributed by atoms with E-state index in [4.69, 9.17) is 9.22 Å². The Morgan fingerprint density at radius 2 is 2.00 bits per heavy atom. The minimum absolute atomic E-state index is 0.0767. The maximum absolute atomic E-state index is 8.87. The zero-order chi connectivity index (χ0) is 7.72. The highest BCUT2D eigenvalue weighted by Gasteiger charge is 1.74. The van der Waals surface area contributed by atoms with E-state index >= 15 is 0 Å². The summed E-state index contributed by atoms with van der Waals surface area (Å²) in [6.45, 7) is 0. The van der Waals surface area contributed by atoms with Crippen LogP contribution in [0.25, 0.3) is 0 Å². The van der Waals surface area contributed by atoms with Crippen molar-refractivity contribution in [1.29, 1.82) is 0 Å². The average Bonchev–Trinajstić information content (AvgIpc) is 1.82. The van der Waals surface area contributed by atoms with Crippen LogP contribution in [0, 0.1) is 0 Å². The van der Waals surface area contributed by atoms with E-state index < -0.39 is 0 Å². The second kappa shape index (κ2) is 1.65. The van der Waals surface area contributed by atoms with E-state index in [2.05, 4.69) is 0 Å². The molecule has 0 aliphatic carbocycles. The Bertz CT molecular complexity index is 236. The molecule has 1 aromatic rings. The molecular formula is C6H6O. The molecule has 0 aliphatic rings. The van der Waals surface area contributed by atoms with Crippen LogP contribution in [0.1, 0.15) is 4.11 Å². The number of benzene rings is 1. The summed E-state index contributed by atoms with van der Waals surface area (Å²) in [4.78, 5) is 0. The Balaban J connectivity index is 3.31. The van der Waals surface area contributed by atoms with E-state index in [1.165, 1.54) is 12.1 Å². The van der Waals surface area contributed by atoms with Crippen molar-refractivity contribution in [3.8, 4) is 5.75 Å². The van der Waals surface area contributed by atoms with Crippen molar-refractivity contribution in [1.82, 2.24) is 0 Å². The van der Waals surface area contributed by atoms with Gasteiger partial charge in [-0.15, -0.1) is 0 Å². The lowest BCUT2D eigenvalue weighted by atomic mass is 10.3. The molecule has 36 valence electrons. The summed E-state index contributed by atoms with van der Waals surface area (Å²) in [5.41, 5.74) is 0. The lowest BCUT2D eigenvalue weighted by molar-refractivity contribution is 0.475. The quantitative estimate of drug-likeness (QED) is 0.518. The highest BCUT2D eigenvalue weighted by Crippen LogP contribution is 2.02. The third-order valence-electron chi connectivity index (χ3n) is 0.584. The first kappa shape index (κ1) is 1.86. The van der Waals surface area contributed by atoms with Gasteiger partial charge in [0.2, 0.25) is 0 Å². The van der Waals surface area contributed by atoms with E-state index in [0.29, 0.717) is 0 Å². The maximum atomic E-state index is 8.87. The van der Waals surface area contributed by atoms with Gasteiger partial charge in [-0.05, 0) is 12.1 Å². The summed E-state index contributed by atoms with van der Waals surface area (Å²) in [5.74, 6) is -0.365. The van der Waals surface area contributed by atoms with Crippen molar-refractivity contribution in [2.24, 2.45) is 0 Å². The molecule has 1 N–H and O–H groups in total. The van der Waals surface area contributed by atoms with Crippen LogP contribution in [-0.2, 0) is 0 Å². The monoisotopic (exact) mass is 97.1 g/mol. The summed E-state index contributed by atoms with van der Waals surface area (Å²) in [6, 6.07) is 2.11. The Kier molecular flexibility index (Phi) is 0.439. The van der Waals surface area contributed by atoms with Gasteiger partial charge in [0.05, 0.1) is 4.11 Å². The van der Waals surface area contributed by atoms with Gasteiger partial charge >= 0.3 is 0 Å². The molecule has 0 atom stereocenters. The van der Waals surface area contributed by atoms with Crippen LogP contribution < -0.4 is 0 Å². The molecule has 0 spiro atoms. The summed E-state index contributed by atoms with van der Waals surface area (Å²) in [6.07, 6.45) is 0. The van der Waals surface area contributed by atoms with Gasteiger partial charge in [0.1, 0.15) is 5.75 Å². The lowest BCUT2D eigenvalue weighted by Crippen LogP contribution is -1.56. The van der Waals surface area contributed by atoms with Gasteiger partial charge in [0, 0.05) is 0 Å². The zero-order valence-electron chi connectivity index (χ0n) is 6.60. The van der Waals surface area contributed by atoms with Crippen LogP contribution in [0.3, 0.4) is 0 Å². The molecule has 0 saturated heterocycles. The molecule has 1 heteroatoms. The fourth-order valence-electron chi connectivity index (χ4n) is 0.303. The van der Waals surface area contributed by atoms with Gasteiger partial charge in [-0.1, -0.05) is 18.2 Å². The van der Waals surface area contributed by atoms with E-state index in [9.17, 15) is 0 Å². The number of phenolic OH excluding ortho intramolecular Hbond substituents is 1. The first-order valence-electron chi connectivity index (χ1n) is 3.38. The number of aromatic hydroxyl groups is 1. The van der Waals surface area contributed by atoms with Gasteiger partial charge in [0.15, 0.2) is 0 Å². The summed E-state index contributed by atoms with van der Waals surface area (Å²) < 4.78 is 21.0. The largest absolute Gasteiger partial charge is 0.508 e. The van der Waals surface area contributed by atoms with Crippen LogP contribution in [0.5, 0.6) is 5.75 Å². The van der Waals surface area contributed by atoms with Gasteiger partial charge in [-0.25, -0.2) is 0 Å². The molecule has 0 fully saturated rings. The number of phenols is 1. The summed E-state index contributed by atoms with van der Waals surface area (Å²) >= 11 is 0. The van der Waals surface area contributed by atoms with Crippen LogP contribution in [0.4, 0.5) is 0 Å². The molecule has 1 nitrogen and oxygen atoms in total. The molecule has 0 amide bonds. The minimum Gasteiger partial charge on any atom is -0.508 e. The van der Waals surface area contributed by atoms with Crippen molar-refractivity contribution in [3.63, 3.8) is 0 Å². The Hall–Kier alpha value is -0.980. The Morgan fingerprint density at radius 1 is 1.43 bits per heavy atom. The van der Waals surface area contributed by atoms with Crippen molar-refractivity contribution in [2.45, 2.75) is 0 Å². The molecule has 0 unspecified atom stereocenters. The van der Waals surface area contributed by atoms with Crippen LogP contribution >= 0.6 is 0 Å². The average molecular weight is 97.1 g/mol. The molecule has 0 aromatic heterocycles. The molecular weight excluding hydrogens is 88.1 g/mol. The lowest BCUT2D eigenvalue weighted by Gasteiger charge is -1.82. The fourth-order valence-corrected chi connectivity index (χ4v) is 0.303. The predicted molar refractivity (Wildman–Crippen MR) is 28.1 cm³/mol. The van der Waals surface area contributed by atoms with Crippen LogP contribution in [0.15, 0.2) is 30.3 Å². The SMILES string of the molecule is [2H]c1cc([2H])c(O)c([2H])c1. The molecule has 1 rings (SSSR count). The Morgan fingerprint density at radius 3 is 2.57 bits per heavy atom. The molecule has 7 heavy (non-hydrogen) atoms. The van der Waals surface area contributed by atoms with Crippen LogP contribution in [0.2, 0.25) is 0 Å². The normalized spacial score (nSPS) is 14.6. The second-order valence-corrected chi connectivity index (χ2v) is 1.09. The third-order valence-corrected chi connectivity index (χ3v) is 0.584. The van der Waals surface area contributed by atoms with E-state index in [-0.39, 0.29) is 23.9 Å². The van der Waals surface area contributed by atoms with Crippen molar-refractivity contribution >= 4 is 0 Å². The molecule has 0 aliphatic heterocycles. The molecule has 1 aromatic carbocycles. The van der Waals surface area contributed by atoms with Crippen molar-refractivity contribution in [2.75, 3.05) is 0 Å². The highest BCUT2D eigenvalue weighted by atomic mass is 16.3. The summed E-state index contributed by atoms with van der Waals surface area (Å²) in [7, 11) is 0. The standard InChI is InChI=1S/C6H6O/c7-6-4-2-1-3-5-6/h1-5,7H/i1D,4D,5D. The van der Waals surface area contributed by atoms with Crippen molar-refractivity contribution in [3.05, 3.63) is 30.3 Å². The molecule has 0 heterocycles.